The van der Waals surface area contributed by atoms with Crippen molar-refractivity contribution < 1.29 is 9.21 Å². The molecule has 1 atom stereocenters. The molecule has 2 heterocycles. The van der Waals surface area contributed by atoms with Gasteiger partial charge in [0.2, 0.25) is 0 Å². The fraction of sp³-hybridized carbons (Fsp3) is 0.538. The minimum absolute atomic E-state index is 0.0910. The maximum Gasteiger partial charge on any atom is 0.287 e. The quantitative estimate of drug-likeness (QED) is 0.842. The Kier molecular flexibility index (Phi) is 3.81. The Morgan fingerprint density at radius 2 is 2.28 bits per heavy atom. The fourth-order valence-electron chi connectivity index (χ4n) is 2.26. The molecule has 0 aromatic carbocycles. The predicted octanol–water partition coefficient (Wildman–Crippen LogP) is 0.772. The number of hydrogen-bond acceptors (Lipinski definition) is 4. The number of amides is 1. The van der Waals surface area contributed by atoms with E-state index in [0.29, 0.717) is 5.76 Å². The van der Waals surface area contributed by atoms with Crippen LogP contribution in [-0.2, 0) is 0 Å². The Hall–Kier alpha value is -1.62. The first-order valence-corrected chi connectivity index (χ1v) is 6.16. The third kappa shape index (κ3) is 3.20. The SMILES string of the molecule is Cc1cc(=O)cc(C(=O)N[C@@H]2CCCN(C)C2)o1. The van der Waals surface area contributed by atoms with Gasteiger partial charge in [0.05, 0.1) is 0 Å². The van der Waals surface area contributed by atoms with Crippen molar-refractivity contribution in [1.29, 1.82) is 0 Å². The summed E-state index contributed by atoms with van der Waals surface area (Å²) in [4.78, 5) is 25.5. The molecule has 1 aromatic rings. The Bertz CT molecular complexity index is 495. The molecule has 0 unspecified atom stereocenters. The van der Waals surface area contributed by atoms with Gasteiger partial charge in [-0.15, -0.1) is 0 Å². The highest BCUT2D eigenvalue weighted by molar-refractivity contribution is 5.91. The second-order valence-corrected chi connectivity index (χ2v) is 4.84. The molecule has 1 fully saturated rings. The molecule has 1 saturated heterocycles. The highest BCUT2D eigenvalue weighted by Gasteiger charge is 2.20. The van der Waals surface area contributed by atoms with E-state index in [1.807, 2.05) is 7.05 Å². The third-order valence-corrected chi connectivity index (χ3v) is 3.07. The van der Waals surface area contributed by atoms with Crippen LogP contribution in [0, 0.1) is 6.92 Å². The van der Waals surface area contributed by atoms with Gasteiger partial charge >= 0.3 is 0 Å². The second-order valence-electron chi connectivity index (χ2n) is 4.84. The summed E-state index contributed by atoms with van der Waals surface area (Å²) < 4.78 is 5.26. The van der Waals surface area contributed by atoms with Crippen LogP contribution in [0.3, 0.4) is 0 Å². The van der Waals surface area contributed by atoms with Crippen LogP contribution in [0.5, 0.6) is 0 Å². The molecule has 0 saturated carbocycles. The molecular formula is C13H18N2O3. The van der Waals surface area contributed by atoms with Crippen LogP contribution >= 0.6 is 0 Å². The Morgan fingerprint density at radius 1 is 1.50 bits per heavy atom. The Morgan fingerprint density at radius 3 is 2.94 bits per heavy atom. The van der Waals surface area contributed by atoms with E-state index in [4.69, 9.17) is 4.42 Å². The number of carbonyl (C=O) groups is 1. The number of likely N-dealkylation sites (N-methyl/N-ethyl adjacent to an activating group) is 1. The lowest BCUT2D eigenvalue weighted by Gasteiger charge is -2.29. The average Bonchev–Trinajstić information content (AvgIpc) is 2.27. The van der Waals surface area contributed by atoms with E-state index in [1.54, 1.807) is 6.92 Å². The molecule has 18 heavy (non-hydrogen) atoms. The monoisotopic (exact) mass is 250 g/mol. The smallest absolute Gasteiger partial charge is 0.287 e. The maximum absolute atomic E-state index is 12.0. The van der Waals surface area contributed by atoms with Crippen LogP contribution in [0.1, 0.15) is 29.2 Å². The van der Waals surface area contributed by atoms with Crippen LogP contribution in [0.15, 0.2) is 21.3 Å². The summed E-state index contributed by atoms with van der Waals surface area (Å²) in [5, 5.41) is 2.91. The van der Waals surface area contributed by atoms with Crippen LogP contribution in [0.25, 0.3) is 0 Å². The molecule has 98 valence electrons. The van der Waals surface area contributed by atoms with Crippen molar-refractivity contribution in [1.82, 2.24) is 10.2 Å². The van der Waals surface area contributed by atoms with Crippen LogP contribution in [-0.4, -0.2) is 37.0 Å². The molecule has 5 heteroatoms. The van der Waals surface area contributed by atoms with Gasteiger partial charge in [-0.1, -0.05) is 0 Å². The van der Waals surface area contributed by atoms with Gasteiger partial charge in [0, 0.05) is 24.7 Å². The summed E-state index contributed by atoms with van der Waals surface area (Å²) in [6, 6.07) is 2.72. The first-order valence-electron chi connectivity index (χ1n) is 6.16. The first kappa shape index (κ1) is 12.8. The van der Waals surface area contributed by atoms with Gasteiger partial charge in [0.15, 0.2) is 11.2 Å². The lowest BCUT2D eigenvalue weighted by molar-refractivity contribution is 0.0880. The molecule has 1 N–H and O–H groups in total. The summed E-state index contributed by atoms with van der Waals surface area (Å²) in [6.07, 6.45) is 2.03. The lowest BCUT2D eigenvalue weighted by Crippen LogP contribution is -2.46. The number of nitrogens with one attached hydrogen (secondary N) is 1. The second kappa shape index (κ2) is 5.35. The Labute approximate surface area is 106 Å². The topological polar surface area (TPSA) is 62.6 Å². The van der Waals surface area contributed by atoms with Gasteiger partial charge < -0.3 is 14.6 Å². The minimum atomic E-state index is -0.309. The zero-order valence-electron chi connectivity index (χ0n) is 10.7. The molecule has 0 aliphatic carbocycles. The zero-order valence-corrected chi connectivity index (χ0v) is 10.7. The lowest BCUT2D eigenvalue weighted by atomic mass is 10.1. The molecule has 5 nitrogen and oxygen atoms in total. The standard InChI is InChI=1S/C13H18N2O3/c1-9-6-11(16)7-12(18-9)13(17)14-10-4-3-5-15(2)8-10/h6-7,10H,3-5,8H2,1-2H3,(H,14,17)/t10-/m1/s1. The first-order chi connectivity index (χ1) is 8.54. The third-order valence-electron chi connectivity index (χ3n) is 3.07. The summed E-state index contributed by atoms with van der Waals surface area (Å²) in [5.41, 5.74) is -0.204. The van der Waals surface area contributed by atoms with E-state index >= 15 is 0 Å². The van der Waals surface area contributed by atoms with E-state index in [1.165, 1.54) is 12.1 Å². The van der Waals surface area contributed by atoms with Crippen LogP contribution < -0.4 is 10.7 Å². The minimum Gasteiger partial charge on any atom is -0.456 e. The zero-order chi connectivity index (χ0) is 13.1. The van der Waals surface area contributed by atoms with E-state index in [0.717, 1.165) is 25.9 Å². The number of nitrogens with zero attached hydrogens (tertiary/aromatic N) is 1. The summed E-state index contributed by atoms with van der Waals surface area (Å²) in [7, 11) is 2.03. The average molecular weight is 250 g/mol. The van der Waals surface area contributed by atoms with Gasteiger partial charge in [-0.05, 0) is 33.4 Å². The number of aryl methyl sites for hydroxylation is 1. The molecule has 1 amide bonds. The van der Waals surface area contributed by atoms with Crippen molar-refractivity contribution in [3.63, 3.8) is 0 Å². The summed E-state index contributed by atoms with van der Waals surface area (Å²) >= 11 is 0. The highest BCUT2D eigenvalue weighted by atomic mass is 16.3. The molecule has 1 aromatic heterocycles. The van der Waals surface area contributed by atoms with E-state index in [2.05, 4.69) is 10.2 Å². The Balaban J connectivity index is 2.05. The molecule has 2 rings (SSSR count). The molecule has 1 aliphatic rings. The van der Waals surface area contributed by atoms with Crippen LogP contribution in [0.2, 0.25) is 0 Å². The normalized spacial score (nSPS) is 20.7. The number of likely N-dealkylation sites (tertiary alicyclic amines) is 1. The van der Waals surface area contributed by atoms with Gasteiger partial charge in [-0.25, -0.2) is 0 Å². The van der Waals surface area contributed by atoms with Crippen molar-refractivity contribution in [3.05, 3.63) is 33.9 Å². The maximum atomic E-state index is 12.0. The largest absolute Gasteiger partial charge is 0.456 e. The fourth-order valence-corrected chi connectivity index (χ4v) is 2.26. The van der Waals surface area contributed by atoms with Crippen molar-refractivity contribution >= 4 is 5.91 Å². The highest BCUT2D eigenvalue weighted by Crippen LogP contribution is 2.09. The van der Waals surface area contributed by atoms with Crippen LogP contribution in [0.4, 0.5) is 0 Å². The predicted molar refractivity (Wildman–Crippen MR) is 67.7 cm³/mol. The van der Waals surface area contributed by atoms with Crippen molar-refractivity contribution in [2.45, 2.75) is 25.8 Å². The van der Waals surface area contributed by atoms with Crippen molar-refractivity contribution in [2.24, 2.45) is 0 Å². The molecule has 0 bridgehead atoms. The van der Waals surface area contributed by atoms with Gasteiger partial charge in [-0.3, -0.25) is 9.59 Å². The summed E-state index contributed by atoms with van der Waals surface area (Å²) in [5.74, 6) is 0.234. The number of carbonyl (C=O) groups excluding carboxylic acids is 1. The van der Waals surface area contributed by atoms with E-state index in [-0.39, 0.29) is 23.1 Å². The number of rotatable bonds is 2. The number of hydrogen-bond donors (Lipinski definition) is 1. The van der Waals surface area contributed by atoms with E-state index in [9.17, 15) is 9.59 Å². The molecule has 0 radical (unpaired) electrons. The van der Waals surface area contributed by atoms with E-state index < -0.39 is 0 Å². The molecule has 0 spiro atoms. The number of piperidine rings is 1. The van der Waals surface area contributed by atoms with Crippen molar-refractivity contribution in [2.75, 3.05) is 20.1 Å². The summed E-state index contributed by atoms with van der Waals surface area (Å²) in [6.45, 7) is 3.56. The van der Waals surface area contributed by atoms with Gasteiger partial charge in [0.1, 0.15) is 5.76 Å². The van der Waals surface area contributed by atoms with Gasteiger partial charge in [0.25, 0.3) is 5.91 Å². The van der Waals surface area contributed by atoms with Crippen molar-refractivity contribution in [3.8, 4) is 0 Å². The molecular weight excluding hydrogens is 232 g/mol. The molecule has 1 aliphatic heterocycles. The van der Waals surface area contributed by atoms with Gasteiger partial charge in [-0.2, -0.15) is 0 Å².